The first-order valence-electron chi connectivity index (χ1n) is 5.99. The lowest BCUT2D eigenvalue weighted by Crippen LogP contribution is -2.18. The van der Waals surface area contributed by atoms with Crippen LogP contribution < -0.4 is 5.32 Å². The van der Waals surface area contributed by atoms with Crippen LogP contribution in [-0.4, -0.2) is 0 Å². The van der Waals surface area contributed by atoms with Gasteiger partial charge in [0.05, 0.1) is 0 Å². The zero-order chi connectivity index (χ0) is 13.8. The van der Waals surface area contributed by atoms with Crippen molar-refractivity contribution in [1.82, 2.24) is 5.32 Å². The van der Waals surface area contributed by atoms with Gasteiger partial charge in [0.2, 0.25) is 0 Å². The number of rotatable bonds is 4. The zero-order valence-corrected chi connectivity index (χ0v) is 12.8. The van der Waals surface area contributed by atoms with E-state index in [4.69, 9.17) is 11.6 Å². The van der Waals surface area contributed by atoms with Gasteiger partial charge in [0.25, 0.3) is 0 Å². The van der Waals surface area contributed by atoms with Gasteiger partial charge in [0, 0.05) is 22.1 Å². The normalized spacial score (nSPS) is 12.4. The Morgan fingerprint density at radius 2 is 2.05 bits per heavy atom. The topological polar surface area (TPSA) is 12.0 Å². The van der Waals surface area contributed by atoms with Crippen molar-refractivity contribution in [2.24, 2.45) is 0 Å². The summed E-state index contributed by atoms with van der Waals surface area (Å²) in [5.74, 6) is -0.216. The Hall–Kier alpha value is -0.900. The molecule has 0 spiro atoms. The van der Waals surface area contributed by atoms with Crippen LogP contribution in [0.25, 0.3) is 0 Å². The summed E-state index contributed by atoms with van der Waals surface area (Å²) in [5.41, 5.74) is 1.94. The summed E-state index contributed by atoms with van der Waals surface area (Å²) in [6.07, 6.45) is 0. The molecular weight excluding hydrogens is 329 g/mol. The molecule has 0 fully saturated rings. The molecule has 0 aliphatic heterocycles. The van der Waals surface area contributed by atoms with E-state index in [9.17, 15) is 4.39 Å². The lowest BCUT2D eigenvalue weighted by molar-refractivity contribution is 0.565. The predicted octanol–water partition coefficient (Wildman–Crippen LogP) is 5.09. The Morgan fingerprint density at radius 3 is 2.79 bits per heavy atom. The summed E-state index contributed by atoms with van der Waals surface area (Å²) in [5, 5.41) is 4.06. The van der Waals surface area contributed by atoms with Gasteiger partial charge in [-0.15, -0.1) is 0 Å². The fourth-order valence-corrected chi connectivity index (χ4v) is 2.43. The number of hydrogen-bond donors (Lipinski definition) is 1. The lowest BCUT2D eigenvalue weighted by atomic mass is 10.1. The van der Waals surface area contributed by atoms with E-state index in [1.807, 2.05) is 31.2 Å². The minimum absolute atomic E-state index is 0.0609. The van der Waals surface area contributed by atoms with Crippen molar-refractivity contribution in [3.05, 3.63) is 68.9 Å². The average Bonchev–Trinajstić information content (AvgIpc) is 2.39. The van der Waals surface area contributed by atoms with Crippen LogP contribution in [0.4, 0.5) is 4.39 Å². The largest absolute Gasteiger partial charge is 0.306 e. The quantitative estimate of drug-likeness (QED) is 0.816. The minimum atomic E-state index is -0.216. The van der Waals surface area contributed by atoms with Crippen molar-refractivity contribution >= 4 is 27.5 Å². The van der Waals surface area contributed by atoms with Crippen LogP contribution in [0.3, 0.4) is 0 Å². The van der Waals surface area contributed by atoms with Gasteiger partial charge in [0.15, 0.2) is 0 Å². The van der Waals surface area contributed by atoms with E-state index < -0.39 is 0 Å². The maximum atomic E-state index is 13.2. The molecule has 0 radical (unpaired) electrons. The zero-order valence-electron chi connectivity index (χ0n) is 10.5. The summed E-state index contributed by atoms with van der Waals surface area (Å²) < 4.78 is 14.1. The Balaban J connectivity index is 2.04. The lowest BCUT2D eigenvalue weighted by Gasteiger charge is -2.15. The molecule has 0 aliphatic carbocycles. The van der Waals surface area contributed by atoms with Crippen molar-refractivity contribution in [3.8, 4) is 0 Å². The van der Waals surface area contributed by atoms with E-state index >= 15 is 0 Å². The molecule has 0 heterocycles. The monoisotopic (exact) mass is 341 g/mol. The van der Waals surface area contributed by atoms with Crippen molar-refractivity contribution in [2.45, 2.75) is 19.5 Å². The smallest absolute Gasteiger partial charge is 0.123 e. The highest BCUT2D eigenvalue weighted by Gasteiger charge is 2.07. The molecule has 2 rings (SSSR count). The summed E-state index contributed by atoms with van der Waals surface area (Å²) in [6, 6.07) is 12.4. The highest BCUT2D eigenvalue weighted by atomic mass is 79.9. The van der Waals surface area contributed by atoms with Gasteiger partial charge in [-0.3, -0.25) is 0 Å². The molecule has 1 nitrogen and oxygen atoms in total. The van der Waals surface area contributed by atoms with Crippen LogP contribution in [0, 0.1) is 5.82 Å². The number of hydrogen-bond acceptors (Lipinski definition) is 1. The highest BCUT2D eigenvalue weighted by Crippen LogP contribution is 2.22. The van der Waals surface area contributed by atoms with Gasteiger partial charge in [-0.25, -0.2) is 4.39 Å². The molecule has 0 bridgehead atoms. The number of nitrogens with one attached hydrogen (secondary N) is 1. The molecule has 19 heavy (non-hydrogen) atoms. The van der Waals surface area contributed by atoms with Crippen molar-refractivity contribution in [3.63, 3.8) is 0 Å². The first-order chi connectivity index (χ1) is 9.06. The Kier molecular flexibility index (Phi) is 4.97. The fourth-order valence-electron chi connectivity index (χ4n) is 1.84. The van der Waals surface area contributed by atoms with Gasteiger partial charge in [-0.05, 0) is 48.4 Å². The highest BCUT2D eigenvalue weighted by molar-refractivity contribution is 9.10. The van der Waals surface area contributed by atoms with Crippen molar-refractivity contribution in [2.75, 3.05) is 0 Å². The third-order valence-corrected chi connectivity index (χ3v) is 3.82. The molecule has 0 unspecified atom stereocenters. The first kappa shape index (κ1) is 14.5. The molecule has 0 aliphatic rings. The summed E-state index contributed by atoms with van der Waals surface area (Å²) in [7, 11) is 0. The van der Waals surface area contributed by atoms with Crippen LogP contribution >= 0.6 is 27.5 Å². The average molecular weight is 343 g/mol. The fraction of sp³-hybridized carbons (Fsp3) is 0.200. The van der Waals surface area contributed by atoms with Crippen molar-refractivity contribution in [1.29, 1.82) is 0 Å². The minimum Gasteiger partial charge on any atom is -0.306 e. The van der Waals surface area contributed by atoms with Gasteiger partial charge in [-0.2, -0.15) is 0 Å². The van der Waals surface area contributed by atoms with E-state index in [1.165, 1.54) is 6.07 Å². The second-order valence-corrected chi connectivity index (χ2v) is 5.72. The van der Waals surface area contributed by atoms with Crippen LogP contribution in [0.1, 0.15) is 24.1 Å². The molecule has 4 heteroatoms. The van der Waals surface area contributed by atoms with E-state index in [1.54, 1.807) is 12.1 Å². The predicted molar refractivity (Wildman–Crippen MR) is 80.8 cm³/mol. The van der Waals surface area contributed by atoms with Crippen LogP contribution in [0.5, 0.6) is 0 Å². The summed E-state index contributed by atoms with van der Waals surface area (Å²) in [4.78, 5) is 0. The Morgan fingerprint density at radius 1 is 1.26 bits per heavy atom. The van der Waals surface area contributed by atoms with E-state index in [-0.39, 0.29) is 11.9 Å². The summed E-state index contributed by atoms with van der Waals surface area (Å²) in [6.45, 7) is 2.64. The second-order valence-electron chi connectivity index (χ2n) is 4.39. The third-order valence-electron chi connectivity index (χ3n) is 2.96. The molecular formula is C15H14BrClFN. The van der Waals surface area contributed by atoms with Gasteiger partial charge < -0.3 is 5.32 Å². The number of benzene rings is 2. The Labute approximate surface area is 125 Å². The van der Waals surface area contributed by atoms with Crippen LogP contribution in [0.2, 0.25) is 5.02 Å². The maximum absolute atomic E-state index is 13.2. The summed E-state index contributed by atoms with van der Waals surface area (Å²) >= 11 is 9.55. The molecule has 0 saturated carbocycles. The molecule has 100 valence electrons. The molecule has 2 aromatic rings. The van der Waals surface area contributed by atoms with E-state index in [0.717, 1.165) is 20.6 Å². The van der Waals surface area contributed by atoms with Crippen LogP contribution in [-0.2, 0) is 6.54 Å². The molecule has 1 N–H and O–H groups in total. The van der Waals surface area contributed by atoms with E-state index in [2.05, 4.69) is 21.2 Å². The van der Waals surface area contributed by atoms with Crippen molar-refractivity contribution < 1.29 is 4.39 Å². The standard InChI is InChI=1S/C15H14BrClFN/c1-10(11-3-2-4-14(18)8-11)19-9-12-7-13(16)5-6-15(12)17/h2-8,10,19H,9H2,1H3/t10-/m1/s1. The van der Waals surface area contributed by atoms with Gasteiger partial charge in [0.1, 0.15) is 5.82 Å². The molecule has 0 saturated heterocycles. The molecule has 0 amide bonds. The molecule has 2 aromatic carbocycles. The third kappa shape index (κ3) is 4.03. The second kappa shape index (κ2) is 6.51. The molecule has 0 aromatic heterocycles. The Bertz CT molecular complexity index is 574. The van der Waals surface area contributed by atoms with Gasteiger partial charge in [-0.1, -0.05) is 39.7 Å². The maximum Gasteiger partial charge on any atom is 0.123 e. The first-order valence-corrected chi connectivity index (χ1v) is 7.16. The van der Waals surface area contributed by atoms with Gasteiger partial charge >= 0.3 is 0 Å². The van der Waals surface area contributed by atoms with Crippen LogP contribution in [0.15, 0.2) is 46.9 Å². The van der Waals surface area contributed by atoms with E-state index in [0.29, 0.717) is 6.54 Å². The molecule has 1 atom stereocenters. The number of halogens is 3. The SMILES string of the molecule is C[C@@H](NCc1cc(Br)ccc1Cl)c1cccc(F)c1.